The van der Waals surface area contributed by atoms with Crippen LogP contribution in [0.3, 0.4) is 0 Å². The van der Waals surface area contributed by atoms with Crippen molar-refractivity contribution in [2.45, 2.75) is 13.8 Å². The van der Waals surface area contributed by atoms with E-state index in [2.05, 4.69) is 25.3 Å². The van der Waals surface area contributed by atoms with Gasteiger partial charge < -0.3 is 11.1 Å². The number of nitrogens with one attached hydrogen (secondary N) is 1. The predicted octanol–water partition coefficient (Wildman–Crippen LogP) is 2.00. The molecule has 0 bridgehead atoms. The van der Waals surface area contributed by atoms with Crippen LogP contribution in [0, 0.1) is 6.92 Å². The summed E-state index contributed by atoms with van der Waals surface area (Å²) in [4.78, 5) is 28.9. The van der Waals surface area contributed by atoms with E-state index < -0.39 is 0 Å². The molecule has 1 amide bonds. The van der Waals surface area contributed by atoms with Gasteiger partial charge in [0.15, 0.2) is 11.0 Å². The molecule has 8 heteroatoms. The summed E-state index contributed by atoms with van der Waals surface area (Å²) < 4.78 is 0. The normalized spacial score (nSPS) is 10.8. The summed E-state index contributed by atoms with van der Waals surface area (Å²) in [6, 6.07) is 1.79. The highest BCUT2D eigenvalue weighted by Gasteiger charge is 2.10. The van der Waals surface area contributed by atoms with Crippen LogP contribution in [0.25, 0.3) is 21.7 Å². The van der Waals surface area contributed by atoms with Gasteiger partial charge in [0, 0.05) is 18.7 Å². The molecule has 0 unspecified atom stereocenters. The molecule has 3 aromatic heterocycles. The highest BCUT2D eigenvalue weighted by molar-refractivity contribution is 7.21. The van der Waals surface area contributed by atoms with Crippen molar-refractivity contribution in [3.05, 3.63) is 24.2 Å². The van der Waals surface area contributed by atoms with Crippen molar-refractivity contribution in [1.82, 2.24) is 19.9 Å². The number of carbonyl (C=O) groups excluding carboxylic acids is 1. The maximum absolute atomic E-state index is 11.0. The average molecular weight is 300 g/mol. The van der Waals surface area contributed by atoms with Crippen molar-refractivity contribution in [1.29, 1.82) is 0 Å². The van der Waals surface area contributed by atoms with Crippen molar-refractivity contribution in [3.8, 4) is 11.4 Å². The first-order chi connectivity index (χ1) is 10.0. The van der Waals surface area contributed by atoms with Gasteiger partial charge in [0.1, 0.15) is 10.3 Å². The first-order valence-electron chi connectivity index (χ1n) is 6.16. The minimum absolute atomic E-state index is 0.169. The van der Waals surface area contributed by atoms with Gasteiger partial charge in [-0.25, -0.2) is 15.0 Å². The monoisotopic (exact) mass is 300 g/mol. The third-order valence-corrected chi connectivity index (χ3v) is 3.70. The van der Waals surface area contributed by atoms with Crippen molar-refractivity contribution in [2.24, 2.45) is 0 Å². The number of hydrogen-bond acceptors (Lipinski definition) is 7. The number of amides is 1. The van der Waals surface area contributed by atoms with Crippen LogP contribution in [-0.2, 0) is 4.79 Å². The second-order valence-corrected chi connectivity index (χ2v) is 5.46. The Labute approximate surface area is 124 Å². The van der Waals surface area contributed by atoms with E-state index in [1.807, 2.05) is 6.92 Å². The zero-order valence-electron chi connectivity index (χ0n) is 11.4. The Hall–Kier alpha value is -2.61. The van der Waals surface area contributed by atoms with E-state index >= 15 is 0 Å². The molecule has 106 valence electrons. The van der Waals surface area contributed by atoms with Crippen LogP contribution in [0.1, 0.15) is 12.6 Å². The fourth-order valence-corrected chi connectivity index (χ4v) is 2.61. The lowest BCUT2D eigenvalue weighted by molar-refractivity contribution is -0.114. The summed E-state index contributed by atoms with van der Waals surface area (Å²) in [6.45, 7) is 3.27. The van der Waals surface area contributed by atoms with Crippen molar-refractivity contribution in [3.63, 3.8) is 0 Å². The summed E-state index contributed by atoms with van der Waals surface area (Å²) in [5.74, 6) is 0.359. The SMILES string of the molecule is CC(=O)Nc1nc2cnc(-c3cnc(C)c(N)c3)nc2s1. The number of pyridine rings is 1. The Bertz CT molecular complexity index is 844. The average Bonchev–Trinajstić information content (AvgIpc) is 2.82. The van der Waals surface area contributed by atoms with Crippen LogP contribution in [0.2, 0.25) is 0 Å². The van der Waals surface area contributed by atoms with Crippen LogP contribution < -0.4 is 11.1 Å². The van der Waals surface area contributed by atoms with E-state index in [0.29, 0.717) is 27.0 Å². The van der Waals surface area contributed by atoms with Crippen molar-refractivity contribution in [2.75, 3.05) is 11.1 Å². The molecule has 3 rings (SSSR count). The van der Waals surface area contributed by atoms with Gasteiger partial charge in [-0.2, -0.15) is 0 Å². The first kappa shape index (κ1) is 13.4. The second-order valence-electron chi connectivity index (χ2n) is 4.48. The minimum atomic E-state index is -0.169. The first-order valence-corrected chi connectivity index (χ1v) is 6.98. The fourth-order valence-electron chi connectivity index (χ4n) is 1.75. The third kappa shape index (κ3) is 2.65. The number of nitrogens with two attached hydrogens (primary N) is 1. The van der Waals surface area contributed by atoms with Gasteiger partial charge in [-0.1, -0.05) is 11.3 Å². The highest BCUT2D eigenvalue weighted by Crippen LogP contribution is 2.26. The lowest BCUT2D eigenvalue weighted by Crippen LogP contribution is -2.04. The molecule has 0 saturated heterocycles. The summed E-state index contributed by atoms with van der Waals surface area (Å²) in [5, 5.41) is 3.14. The van der Waals surface area contributed by atoms with E-state index in [0.717, 1.165) is 11.3 Å². The van der Waals surface area contributed by atoms with Crippen LogP contribution in [-0.4, -0.2) is 25.8 Å². The smallest absolute Gasteiger partial charge is 0.223 e. The van der Waals surface area contributed by atoms with E-state index in [-0.39, 0.29) is 5.91 Å². The largest absolute Gasteiger partial charge is 0.397 e. The maximum Gasteiger partial charge on any atom is 0.223 e. The maximum atomic E-state index is 11.0. The number of nitrogens with zero attached hydrogens (tertiary/aromatic N) is 4. The van der Waals surface area contributed by atoms with E-state index in [9.17, 15) is 4.79 Å². The molecule has 0 aliphatic rings. The summed E-state index contributed by atoms with van der Waals surface area (Å²) in [5.41, 5.74) is 8.60. The molecule has 21 heavy (non-hydrogen) atoms. The summed E-state index contributed by atoms with van der Waals surface area (Å²) >= 11 is 1.30. The number of aryl methyl sites for hydroxylation is 1. The van der Waals surface area contributed by atoms with Crippen LogP contribution in [0.4, 0.5) is 10.8 Å². The van der Waals surface area contributed by atoms with Gasteiger partial charge in [0.25, 0.3) is 0 Å². The zero-order chi connectivity index (χ0) is 15.0. The molecule has 0 aliphatic heterocycles. The molecule has 3 N–H and O–H groups in total. The van der Waals surface area contributed by atoms with E-state index in [1.54, 1.807) is 18.5 Å². The Morgan fingerprint density at radius 3 is 2.81 bits per heavy atom. The van der Waals surface area contributed by atoms with Gasteiger partial charge in [-0.3, -0.25) is 9.78 Å². The second kappa shape index (κ2) is 5.06. The van der Waals surface area contributed by atoms with Gasteiger partial charge >= 0.3 is 0 Å². The molecule has 0 radical (unpaired) electrons. The number of fused-ring (bicyclic) bond motifs is 1. The topological polar surface area (TPSA) is 107 Å². The van der Waals surface area contributed by atoms with E-state index in [4.69, 9.17) is 5.73 Å². The molecule has 7 nitrogen and oxygen atoms in total. The van der Waals surface area contributed by atoms with Crippen molar-refractivity contribution >= 4 is 38.4 Å². The Morgan fingerprint density at radius 1 is 1.29 bits per heavy atom. The molecule has 0 saturated carbocycles. The quantitative estimate of drug-likeness (QED) is 0.749. The number of aromatic nitrogens is 4. The molecular weight excluding hydrogens is 288 g/mol. The summed E-state index contributed by atoms with van der Waals surface area (Å²) in [7, 11) is 0. The molecule has 0 spiro atoms. The van der Waals surface area contributed by atoms with Gasteiger partial charge in [0.05, 0.1) is 17.6 Å². The summed E-state index contributed by atoms with van der Waals surface area (Å²) in [6.07, 6.45) is 3.30. The number of carbonyl (C=O) groups is 1. The Balaban J connectivity index is 2.03. The molecule has 0 aliphatic carbocycles. The highest BCUT2D eigenvalue weighted by atomic mass is 32.1. The molecular formula is C13H12N6OS. The number of rotatable bonds is 2. The predicted molar refractivity (Wildman–Crippen MR) is 81.9 cm³/mol. The standard InChI is InChI=1S/C13H12N6OS/c1-6-9(14)3-8(4-15-6)11-16-5-10-12(19-11)21-13(18-10)17-7(2)20/h3-5H,14H2,1-2H3,(H,17,18,20). The number of nitrogen functional groups attached to an aromatic ring is 1. The van der Waals surface area contributed by atoms with Gasteiger partial charge in [0.2, 0.25) is 5.91 Å². The molecule has 0 atom stereocenters. The lowest BCUT2D eigenvalue weighted by atomic mass is 10.2. The van der Waals surface area contributed by atoms with Crippen LogP contribution >= 0.6 is 11.3 Å². The lowest BCUT2D eigenvalue weighted by Gasteiger charge is -2.02. The minimum Gasteiger partial charge on any atom is -0.397 e. The van der Waals surface area contributed by atoms with Crippen LogP contribution in [0.15, 0.2) is 18.5 Å². The third-order valence-electron chi connectivity index (χ3n) is 2.82. The van der Waals surface area contributed by atoms with Gasteiger partial charge in [-0.05, 0) is 13.0 Å². The Morgan fingerprint density at radius 2 is 2.10 bits per heavy atom. The van der Waals surface area contributed by atoms with E-state index in [1.165, 1.54) is 18.3 Å². The molecule has 3 aromatic rings. The molecule has 0 fully saturated rings. The Kier molecular flexibility index (Phi) is 3.22. The van der Waals surface area contributed by atoms with Gasteiger partial charge in [-0.15, -0.1) is 0 Å². The van der Waals surface area contributed by atoms with Crippen LogP contribution in [0.5, 0.6) is 0 Å². The molecule has 3 heterocycles. The number of anilines is 2. The zero-order valence-corrected chi connectivity index (χ0v) is 12.2. The number of hydrogen-bond donors (Lipinski definition) is 2. The van der Waals surface area contributed by atoms with Crippen molar-refractivity contribution < 1.29 is 4.79 Å². The number of thiazole rings is 1. The fraction of sp³-hybridized carbons (Fsp3) is 0.154. The molecule has 0 aromatic carbocycles.